The minimum atomic E-state index is -0.349. The van der Waals surface area contributed by atoms with Gasteiger partial charge < -0.3 is 9.15 Å². The Balaban J connectivity index is 2.54. The molecule has 0 saturated carbocycles. The minimum absolute atomic E-state index is 0.349. The van der Waals surface area contributed by atoms with Gasteiger partial charge in [0.05, 0.1) is 18.9 Å². The van der Waals surface area contributed by atoms with E-state index in [9.17, 15) is 4.79 Å². The Labute approximate surface area is 74.9 Å². The molecule has 3 heteroatoms. The van der Waals surface area contributed by atoms with Gasteiger partial charge in [-0.05, 0) is 18.2 Å². The second-order valence-corrected chi connectivity index (χ2v) is 2.66. The van der Waals surface area contributed by atoms with Gasteiger partial charge in [-0.15, -0.1) is 0 Å². The molecule has 2 aromatic rings. The molecule has 0 aliphatic carbocycles. The zero-order chi connectivity index (χ0) is 9.26. The summed E-state index contributed by atoms with van der Waals surface area (Å²) in [6, 6.07) is 7.05. The zero-order valence-corrected chi connectivity index (χ0v) is 7.11. The van der Waals surface area contributed by atoms with Gasteiger partial charge in [0.1, 0.15) is 5.58 Å². The van der Waals surface area contributed by atoms with E-state index in [0.717, 1.165) is 5.39 Å². The van der Waals surface area contributed by atoms with Crippen molar-refractivity contribution in [3.63, 3.8) is 0 Å². The van der Waals surface area contributed by atoms with Gasteiger partial charge in [0.2, 0.25) is 0 Å². The van der Waals surface area contributed by atoms with E-state index in [4.69, 9.17) is 4.42 Å². The van der Waals surface area contributed by atoms with Crippen molar-refractivity contribution in [2.45, 2.75) is 0 Å². The first-order chi connectivity index (χ1) is 6.31. The lowest BCUT2D eigenvalue weighted by Crippen LogP contribution is -1.99. The molecular weight excluding hydrogens is 168 g/mol. The standard InChI is InChI=1S/C10H8O3/c1-12-10(11)8-3-2-7-4-5-13-9(7)6-8/h2-6H,1H3. The molecular formula is C10H8O3. The lowest BCUT2D eigenvalue weighted by Gasteiger charge is -1.97. The van der Waals surface area contributed by atoms with Crippen LogP contribution in [0.4, 0.5) is 0 Å². The number of benzene rings is 1. The van der Waals surface area contributed by atoms with E-state index in [0.29, 0.717) is 11.1 Å². The summed E-state index contributed by atoms with van der Waals surface area (Å²) in [5.41, 5.74) is 1.20. The maximum Gasteiger partial charge on any atom is 0.337 e. The first kappa shape index (κ1) is 7.86. The monoisotopic (exact) mass is 176 g/mol. The Morgan fingerprint density at radius 1 is 1.38 bits per heavy atom. The molecule has 0 aliphatic rings. The predicted octanol–water partition coefficient (Wildman–Crippen LogP) is 2.22. The van der Waals surface area contributed by atoms with Crippen LogP contribution in [-0.4, -0.2) is 13.1 Å². The first-order valence-electron chi connectivity index (χ1n) is 3.87. The van der Waals surface area contributed by atoms with E-state index in [1.54, 1.807) is 18.4 Å². The molecule has 0 fully saturated rings. The molecule has 13 heavy (non-hydrogen) atoms. The number of furan rings is 1. The molecule has 2 rings (SSSR count). The number of carbonyl (C=O) groups excluding carboxylic acids is 1. The molecule has 0 aliphatic heterocycles. The van der Waals surface area contributed by atoms with Crippen LogP contribution >= 0.6 is 0 Å². The minimum Gasteiger partial charge on any atom is -0.465 e. The molecule has 0 radical (unpaired) electrons. The fourth-order valence-corrected chi connectivity index (χ4v) is 1.20. The molecule has 0 bridgehead atoms. The average molecular weight is 176 g/mol. The van der Waals surface area contributed by atoms with Gasteiger partial charge in [0.25, 0.3) is 0 Å². The summed E-state index contributed by atoms with van der Waals surface area (Å²) < 4.78 is 9.73. The molecule has 0 atom stereocenters. The van der Waals surface area contributed by atoms with E-state index in [-0.39, 0.29) is 5.97 Å². The number of hydrogen-bond acceptors (Lipinski definition) is 3. The SMILES string of the molecule is COC(=O)c1ccc2ccoc2c1. The van der Waals surface area contributed by atoms with Crippen LogP contribution in [0.5, 0.6) is 0 Å². The average Bonchev–Trinajstić information content (AvgIpc) is 2.63. The zero-order valence-electron chi connectivity index (χ0n) is 7.11. The fraction of sp³-hybridized carbons (Fsp3) is 0.100. The van der Waals surface area contributed by atoms with E-state index >= 15 is 0 Å². The van der Waals surface area contributed by atoms with Crippen molar-refractivity contribution in [1.29, 1.82) is 0 Å². The third-order valence-corrected chi connectivity index (χ3v) is 1.88. The van der Waals surface area contributed by atoms with Crippen LogP contribution in [0.25, 0.3) is 11.0 Å². The number of esters is 1. The van der Waals surface area contributed by atoms with Gasteiger partial charge >= 0.3 is 5.97 Å². The van der Waals surface area contributed by atoms with Gasteiger partial charge in [-0.2, -0.15) is 0 Å². The molecule has 1 aromatic heterocycles. The maximum atomic E-state index is 11.1. The number of fused-ring (bicyclic) bond motifs is 1. The Bertz CT molecular complexity index is 442. The quantitative estimate of drug-likeness (QED) is 0.625. The van der Waals surface area contributed by atoms with Crippen LogP contribution in [0.1, 0.15) is 10.4 Å². The van der Waals surface area contributed by atoms with Crippen LogP contribution in [0.15, 0.2) is 34.9 Å². The highest BCUT2D eigenvalue weighted by molar-refractivity contribution is 5.93. The Kier molecular flexibility index (Phi) is 1.77. The van der Waals surface area contributed by atoms with E-state index < -0.39 is 0 Å². The van der Waals surface area contributed by atoms with E-state index in [1.165, 1.54) is 7.11 Å². The molecule has 1 heterocycles. The van der Waals surface area contributed by atoms with E-state index in [1.807, 2.05) is 12.1 Å². The van der Waals surface area contributed by atoms with Crippen molar-refractivity contribution >= 4 is 16.9 Å². The maximum absolute atomic E-state index is 11.1. The van der Waals surface area contributed by atoms with Gasteiger partial charge in [-0.25, -0.2) is 4.79 Å². The Hall–Kier alpha value is -1.77. The largest absolute Gasteiger partial charge is 0.465 e. The Morgan fingerprint density at radius 2 is 2.23 bits per heavy atom. The molecule has 0 saturated heterocycles. The summed E-state index contributed by atoms with van der Waals surface area (Å²) in [6.07, 6.45) is 1.59. The molecule has 1 aromatic carbocycles. The van der Waals surface area contributed by atoms with Crippen molar-refractivity contribution in [3.8, 4) is 0 Å². The lowest BCUT2D eigenvalue weighted by atomic mass is 10.2. The van der Waals surface area contributed by atoms with Crippen molar-refractivity contribution in [2.24, 2.45) is 0 Å². The molecule has 66 valence electrons. The molecule has 0 amide bonds. The number of rotatable bonds is 1. The number of methoxy groups -OCH3 is 1. The fourth-order valence-electron chi connectivity index (χ4n) is 1.20. The normalized spacial score (nSPS) is 10.2. The third kappa shape index (κ3) is 1.28. The van der Waals surface area contributed by atoms with Gasteiger partial charge in [-0.1, -0.05) is 6.07 Å². The summed E-state index contributed by atoms with van der Waals surface area (Å²) in [7, 11) is 1.36. The van der Waals surface area contributed by atoms with Crippen molar-refractivity contribution in [3.05, 3.63) is 36.1 Å². The van der Waals surface area contributed by atoms with E-state index in [2.05, 4.69) is 4.74 Å². The van der Waals surface area contributed by atoms with Crippen LogP contribution in [0.3, 0.4) is 0 Å². The number of hydrogen-bond donors (Lipinski definition) is 0. The number of ether oxygens (including phenoxy) is 1. The highest BCUT2D eigenvalue weighted by Crippen LogP contribution is 2.17. The van der Waals surface area contributed by atoms with Crippen LogP contribution in [0, 0.1) is 0 Å². The molecule has 0 N–H and O–H groups in total. The van der Waals surface area contributed by atoms with Gasteiger partial charge in [-0.3, -0.25) is 0 Å². The highest BCUT2D eigenvalue weighted by Gasteiger charge is 2.06. The summed E-state index contributed by atoms with van der Waals surface area (Å²) in [5.74, 6) is -0.349. The third-order valence-electron chi connectivity index (χ3n) is 1.88. The Morgan fingerprint density at radius 3 is 3.00 bits per heavy atom. The van der Waals surface area contributed by atoms with Gasteiger partial charge in [0, 0.05) is 5.39 Å². The summed E-state index contributed by atoms with van der Waals surface area (Å²) in [5, 5.41) is 0.979. The smallest absolute Gasteiger partial charge is 0.337 e. The summed E-state index contributed by atoms with van der Waals surface area (Å²) in [6.45, 7) is 0. The molecule has 0 unspecified atom stereocenters. The second kappa shape index (κ2) is 2.94. The number of carbonyl (C=O) groups is 1. The highest BCUT2D eigenvalue weighted by atomic mass is 16.5. The van der Waals surface area contributed by atoms with Gasteiger partial charge in [0.15, 0.2) is 0 Å². The van der Waals surface area contributed by atoms with Crippen molar-refractivity contribution < 1.29 is 13.9 Å². The molecule has 0 spiro atoms. The van der Waals surface area contributed by atoms with Crippen molar-refractivity contribution in [2.75, 3.05) is 7.11 Å². The molecule has 3 nitrogen and oxygen atoms in total. The second-order valence-electron chi connectivity index (χ2n) is 2.66. The van der Waals surface area contributed by atoms with Crippen LogP contribution in [-0.2, 0) is 4.74 Å². The van der Waals surface area contributed by atoms with Crippen LogP contribution in [0.2, 0.25) is 0 Å². The summed E-state index contributed by atoms with van der Waals surface area (Å²) in [4.78, 5) is 11.1. The topological polar surface area (TPSA) is 39.4 Å². The van der Waals surface area contributed by atoms with Crippen molar-refractivity contribution in [1.82, 2.24) is 0 Å². The summed E-state index contributed by atoms with van der Waals surface area (Å²) >= 11 is 0. The van der Waals surface area contributed by atoms with Crippen LogP contribution < -0.4 is 0 Å². The lowest BCUT2D eigenvalue weighted by molar-refractivity contribution is 0.0601. The predicted molar refractivity (Wildman–Crippen MR) is 47.6 cm³/mol. The first-order valence-corrected chi connectivity index (χ1v) is 3.87.